The highest BCUT2D eigenvalue weighted by Crippen LogP contribution is 1.87. The lowest BCUT2D eigenvalue weighted by molar-refractivity contribution is -0.144. The van der Waals surface area contributed by atoms with Crippen LogP contribution in [0, 0.1) is 0 Å². The molecule has 0 aromatic heterocycles. The second-order valence-electron chi connectivity index (χ2n) is 2.97. The molecule has 0 saturated heterocycles. The van der Waals surface area contributed by atoms with Crippen LogP contribution < -0.4 is 5.73 Å². The first-order chi connectivity index (χ1) is 7.10. The second-order valence-corrected chi connectivity index (χ2v) is 2.97. The second kappa shape index (κ2) is 8.19. The molecule has 2 N–H and O–H groups in total. The molecule has 6 heteroatoms. The van der Waals surface area contributed by atoms with Crippen molar-refractivity contribution < 1.29 is 19.1 Å². The topological polar surface area (TPSA) is 81.9 Å². The van der Waals surface area contributed by atoms with Gasteiger partial charge in [-0.25, -0.2) is 0 Å². The molecule has 0 aliphatic heterocycles. The van der Waals surface area contributed by atoms with E-state index in [1.54, 1.807) is 18.9 Å². The maximum absolute atomic E-state index is 11.0. The fourth-order valence-electron chi connectivity index (χ4n) is 0.880. The van der Waals surface area contributed by atoms with Crippen molar-refractivity contribution in [3.05, 3.63) is 0 Å². The van der Waals surface area contributed by atoms with Gasteiger partial charge in [0.15, 0.2) is 0 Å². The van der Waals surface area contributed by atoms with Crippen LogP contribution in [0.1, 0.15) is 6.92 Å². The Morgan fingerprint density at radius 1 is 1.27 bits per heavy atom. The predicted octanol–water partition coefficient (Wildman–Crippen LogP) is -1.02. The molecule has 0 fully saturated rings. The van der Waals surface area contributed by atoms with E-state index < -0.39 is 5.97 Å². The fraction of sp³-hybridized carbons (Fsp3) is 0.778. The first-order valence-corrected chi connectivity index (χ1v) is 4.80. The predicted molar refractivity (Wildman–Crippen MR) is 54.1 cm³/mol. The third kappa shape index (κ3) is 7.90. The summed E-state index contributed by atoms with van der Waals surface area (Å²) in [6, 6.07) is 0. The number of hydrogen-bond acceptors (Lipinski definition) is 6. The Morgan fingerprint density at radius 3 is 2.47 bits per heavy atom. The Hall–Kier alpha value is -1.14. The summed E-state index contributed by atoms with van der Waals surface area (Å²) < 4.78 is 9.50. The van der Waals surface area contributed by atoms with Gasteiger partial charge in [0.25, 0.3) is 0 Å². The van der Waals surface area contributed by atoms with E-state index in [0.717, 1.165) is 0 Å². The van der Waals surface area contributed by atoms with E-state index in [1.165, 1.54) is 0 Å². The molecule has 0 aliphatic carbocycles. The number of esters is 2. The Kier molecular flexibility index (Phi) is 7.57. The van der Waals surface area contributed by atoms with Gasteiger partial charge in [0.05, 0.1) is 19.7 Å². The van der Waals surface area contributed by atoms with E-state index in [-0.39, 0.29) is 25.7 Å². The average Bonchev–Trinajstić information content (AvgIpc) is 2.17. The SMILES string of the molecule is CCOC(=O)CN(C)CCOC(=O)CN. The van der Waals surface area contributed by atoms with Gasteiger partial charge in [-0.1, -0.05) is 0 Å². The molecular formula is C9H18N2O4. The van der Waals surface area contributed by atoms with Crippen molar-refractivity contribution in [2.24, 2.45) is 5.73 Å². The van der Waals surface area contributed by atoms with Crippen LogP contribution in [0.4, 0.5) is 0 Å². The molecule has 15 heavy (non-hydrogen) atoms. The molecule has 0 aromatic rings. The number of nitrogens with zero attached hydrogens (tertiary/aromatic N) is 1. The summed E-state index contributed by atoms with van der Waals surface area (Å²) in [5, 5.41) is 0. The maximum atomic E-state index is 11.0. The van der Waals surface area contributed by atoms with Gasteiger partial charge in [0.2, 0.25) is 0 Å². The lowest BCUT2D eigenvalue weighted by Gasteiger charge is -2.14. The molecule has 0 rings (SSSR count). The summed E-state index contributed by atoms with van der Waals surface area (Å²) in [5.41, 5.74) is 5.05. The minimum Gasteiger partial charge on any atom is -0.465 e. The van der Waals surface area contributed by atoms with Crippen LogP contribution in [0.2, 0.25) is 0 Å². The van der Waals surface area contributed by atoms with E-state index in [4.69, 9.17) is 15.2 Å². The Balaban J connectivity index is 3.52. The summed E-state index contributed by atoms with van der Waals surface area (Å²) in [5.74, 6) is -0.732. The number of hydrogen-bond donors (Lipinski definition) is 1. The number of nitrogens with two attached hydrogens (primary N) is 1. The standard InChI is InChI=1S/C9H18N2O4/c1-3-14-9(13)7-11(2)4-5-15-8(12)6-10/h3-7,10H2,1-2H3. The number of likely N-dealkylation sites (N-methyl/N-ethyl adjacent to an activating group) is 1. The molecule has 0 aromatic carbocycles. The summed E-state index contributed by atoms with van der Waals surface area (Å²) in [4.78, 5) is 23.4. The third-order valence-electron chi connectivity index (χ3n) is 1.61. The zero-order valence-electron chi connectivity index (χ0n) is 9.19. The lowest BCUT2D eigenvalue weighted by Crippen LogP contribution is -2.31. The number of carbonyl (C=O) groups excluding carboxylic acids is 2. The lowest BCUT2D eigenvalue weighted by atomic mass is 10.5. The van der Waals surface area contributed by atoms with Crippen molar-refractivity contribution in [2.45, 2.75) is 6.92 Å². The van der Waals surface area contributed by atoms with E-state index >= 15 is 0 Å². The van der Waals surface area contributed by atoms with Gasteiger partial charge >= 0.3 is 11.9 Å². The Morgan fingerprint density at radius 2 is 1.93 bits per heavy atom. The zero-order chi connectivity index (χ0) is 11.7. The highest BCUT2D eigenvalue weighted by Gasteiger charge is 2.07. The fourth-order valence-corrected chi connectivity index (χ4v) is 0.880. The van der Waals surface area contributed by atoms with Gasteiger partial charge in [-0.05, 0) is 14.0 Å². The average molecular weight is 218 g/mol. The van der Waals surface area contributed by atoms with E-state index in [9.17, 15) is 9.59 Å². The molecule has 0 unspecified atom stereocenters. The molecule has 0 radical (unpaired) electrons. The minimum absolute atomic E-state index is 0.123. The number of carbonyl (C=O) groups is 2. The first kappa shape index (κ1) is 13.9. The van der Waals surface area contributed by atoms with Crippen LogP contribution >= 0.6 is 0 Å². The van der Waals surface area contributed by atoms with Crippen LogP contribution in [0.3, 0.4) is 0 Å². The van der Waals surface area contributed by atoms with Crippen LogP contribution in [0.5, 0.6) is 0 Å². The third-order valence-corrected chi connectivity index (χ3v) is 1.61. The van der Waals surface area contributed by atoms with Gasteiger partial charge in [-0.15, -0.1) is 0 Å². The van der Waals surface area contributed by atoms with Gasteiger partial charge in [-0.3, -0.25) is 14.5 Å². The van der Waals surface area contributed by atoms with Crippen LogP contribution in [0.15, 0.2) is 0 Å². The summed E-state index contributed by atoms with van der Waals surface area (Å²) in [7, 11) is 1.74. The molecular weight excluding hydrogens is 200 g/mol. The molecule has 6 nitrogen and oxygen atoms in total. The van der Waals surface area contributed by atoms with Crippen molar-refractivity contribution in [2.75, 3.05) is 39.9 Å². The molecule has 88 valence electrons. The minimum atomic E-state index is -0.445. The normalized spacial score (nSPS) is 10.1. The number of rotatable bonds is 7. The zero-order valence-corrected chi connectivity index (χ0v) is 9.19. The Bertz CT molecular complexity index is 208. The molecule has 0 heterocycles. The monoisotopic (exact) mass is 218 g/mol. The number of ether oxygens (including phenoxy) is 2. The van der Waals surface area contributed by atoms with Crippen LogP contribution in [-0.4, -0.2) is 56.7 Å². The van der Waals surface area contributed by atoms with Crippen molar-refractivity contribution in [3.8, 4) is 0 Å². The van der Waals surface area contributed by atoms with Crippen molar-refractivity contribution in [1.82, 2.24) is 4.90 Å². The molecule has 0 saturated carbocycles. The highest BCUT2D eigenvalue weighted by molar-refractivity contribution is 5.72. The van der Waals surface area contributed by atoms with Gasteiger partial charge < -0.3 is 15.2 Å². The maximum Gasteiger partial charge on any atom is 0.320 e. The molecule has 0 spiro atoms. The summed E-state index contributed by atoms with van der Waals surface area (Å²) in [6.45, 7) is 2.89. The quantitative estimate of drug-likeness (QED) is 0.551. The van der Waals surface area contributed by atoms with Crippen LogP contribution in [0.25, 0.3) is 0 Å². The van der Waals surface area contributed by atoms with Gasteiger partial charge in [0.1, 0.15) is 6.61 Å². The first-order valence-electron chi connectivity index (χ1n) is 4.80. The smallest absolute Gasteiger partial charge is 0.320 e. The molecule has 0 aliphatic rings. The van der Waals surface area contributed by atoms with E-state index in [0.29, 0.717) is 13.2 Å². The van der Waals surface area contributed by atoms with Gasteiger partial charge in [-0.2, -0.15) is 0 Å². The molecule has 0 bridgehead atoms. The van der Waals surface area contributed by atoms with Crippen molar-refractivity contribution >= 4 is 11.9 Å². The Labute approximate surface area is 89.3 Å². The summed E-state index contributed by atoms with van der Waals surface area (Å²) in [6.07, 6.45) is 0. The van der Waals surface area contributed by atoms with Crippen molar-refractivity contribution in [1.29, 1.82) is 0 Å². The summed E-state index contributed by atoms with van der Waals surface area (Å²) >= 11 is 0. The molecule has 0 atom stereocenters. The van der Waals surface area contributed by atoms with E-state index in [1.807, 2.05) is 0 Å². The van der Waals surface area contributed by atoms with E-state index in [2.05, 4.69) is 0 Å². The largest absolute Gasteiger partial charge is 0.465 e. The molecule has 0 amide bonds. The van der Waals surface area contributed by atoms with Gasteiger partial charge in [0, 0.05) is 6.54 Å². The van der Waals surface area contributed by atoms with Crippen LogP contribution in [-0.2, 0) is 19.1 Å². The van der Waals surface area contributed by atoms with Crippen molar-refractivity contribution in [3.63, 3.8) is 0 Å². The highest BCUT2D eigenvalue weighted by atomic mass is 16.5.